The van der Waals surface area contributed by atoms with E-state index < -0.39 is 5.91 Å². The van der Waals surface area contributed by atoms with E-state index in [-0.39, 0.29) is 5.91 Å². The van der Waals surface area contributed by atoms with Gasteiger partial charge in [-0.3, -0.25) is 9.59 Å². The fourth-order valence-corrected chi connectivity index (χ4v) is 3.22. The van der Waals surface area contributed by atoms with Gasteiger partial charge in [0.1, 0.15) is 17.2 Å². The molecule has 3 N–H and O–H groups in total. The molecule has 0 saturated heterocycles. The fourth-order valence-electron chi connectivity index (χ4n) is 3.22. The first-order valence-electron chi connectivity index (χ1n) is 9.00. The van der Waals surface area contributed by atoms with Crippen molar-refractivity contribution < 1.29 is 19.1 Å². The molecular weight excluding hydrogens is 346 g/mol. The van der Waals surface area contributed by atoms with Crippen LogP contribution in [0.15, 0.2) is 30.5 Å². The van der Waals surface area contributed by atoms with E-state index in [9.17, 15) is 9.59 Å². The lowest BCUT2D eigenvalue weighted by molar-refractivity contribution is 0.0673. The number of aromatic nitrogens is 1. The van der Waals surface area contributed by atoms with E-state index >= 15 is 0 Å². The summed E-state index contributed by atoms with van der Waals surface area (Å²) in [6, 6.07) is 7.07. The van der Waals surface area contributed by atoms with Gasteiger partial charge in [0.05, 0.1) is 19.8 Å². The number of nitrogens with zero attached hydrogens (tertiary/aromatic N) is 1. The third kappa shape index (κ3) is 4.24. The molecule has 27 heavy (non-hydrogen) atoms. The molecule has 0 aliphatic heterocycles. The highest BCUT2D eigenvalue weighted by atomic mass is 16.5. The Bertz CT molecular complexity index is 826. The molecule has 1 aliphatic rings. The maximum Gasteiger partial charge on any atom is 0.270 e. The van der Waals surface area contributed by atoms with Crippen LogP contribution < -0.4 is 15.2 Å². The van der Waals surface area contributed by atoms with E-state index in [1.165, 1.54) is 18.7 Å². The molecule has 144 valence electrons. The van der Waals surface area contributed by atoms with E-state index in [1.54, 1.807) is 25.2 Å². The summed E-state index contributed by atoms with van der Waals surface area (Å²) in [4.78, 5) is 29.0. The van der Waals surface area contributed by atoms with Crippen molar-refractivity contribution in [3.8, 4) is 11.5 Å². The molecule has 0 bridgehead atoms. The Labute approximate surface area is 158 Å². The average Bonchev–Trinajstić information content (AvgIpc) is 3.13. The molecule has 7 heteroatoms. The van der Waals surface area contributed by atoms with Crippen LogP contribution in [-0.2, 0) is 6.54 Å². The molecular formula is C20H25N3O4. The van der Waals surface area contributed by atoms with Crippen LogP contribution in [0.1, 0.15) is 45.7 Å². The van der Waals surface area contributed by atoms with Crippen LogP contribution in [-0.4, -0.2) is 42.5 Å². The van der Waals surface area contributed by atoms with Crippen molar-refractivity contribution in [1.82, 2.24) is 9.88 Å². The minimum absolute atomic E-state index is 0.160. The lowest BCUT2D eigenvalue weighted by Crippen LogP contribution is -2.37. The molecule has 7 nitrogen and oxygen atoms in total. The van der Waals surface area contributed by atoms with E-state index in [0.29, 0.717) is 41.8 Å². The van der Waals surface area contributed by atoms with E-state index in [0.717, 1.165) is 18.4 Å². The molecule has 0 radical (unpaired) electrons. The molecule has 0 atom stereocenters. The lowest BCUT2D eigenvalue weighted by Gasteiger charge is -2.32. The second-order valence-corrected chi connectivity index (χ2v) is 6.83. The van der Waals surface area contributed by atoms with Gasteiger partial charge in [0.2, 0.25) is 5.91 Å². The molecule has 2 aromatic rings. The molecule has 3 rings (SSSR count). The second kappa shape index (κ2) is 8.16. The Hall–Kier alpha value is -2.96. The van der Waals surface area contributed by atoms with E-state index in [2.05, 4.69) is 4.98 Å². The number of H-pyrrole nitrogens is 1. The SMILES string of the molecule is COc1ccc(CN(CC2CCC2)C(=O)c2cc(C(N)=O)c[nH]2)c(OC)c1. The summed E-state index contributed by atoms with van der Waals surface area (Å²) in [5.74, 6) is 1.15. The number of ether oxygens (including phenoxy) is 2. The van der Waals surface area contributed by atoms with Gasteiger partial charge in [-0.15, -0.1) is 0 Å². The Morgan fingerprint density at radius 3 is 2.56 bits per heavy atom. The van der Waals surface area contributed by atoms with Crippen molar-refractivity contribution in [2.75, 3.05) is 20.8 Å². The minimum atomic E-state index is -0.562. The van der Waals surface area contributed by atoms with Gasteiger partial charge in [-0.1, -0.05) is 6.42 Å². The van der Waals surface area contributed by atoms with Gasteiger partial charge in [-0.05, 0) is 37.0 Å². The molecule has 1 aromatic heterocycles. The second-order valence-electron chi connectivity index (χ2n) is 6.83. The minimum Gasteiger partial charge on any atom is -0.497 e. The van der Waals surface area contributed by atoms with Crippen LogP contribution in [0.25, 0.3) is 0 Å². The zero-order chi connectivity index (χ0) is 19.4. The number of methoxy groups -OCH3 is 2. The molecule has 2 amide bonds. The number of carbonyl (C=O) groups excluding carboxylic acids is 2. The quantitative estimate of drug-likeness (QED) is 0.745. The van der Waals surface area contributed by atoms with E-state index in [4.69, 9.17) is 15.2 Å². The van der Waals surface area contributed by atoms with Gasteiger partial charge >= 0.3 is 0 Å². The van der Waals surface area contributed by atoms with Crippen molar-refractivity contribution in [2.24, 2.45) is 11.7 Å². The number of benzene rings is 1. The molecule has 1 aromatic carbocycles. The zero-order valence-electron chi connectivity index (χ0n) is 15.7. The number of amides is 2. The normalized spacial score (nSPS) is 13.7. The molecule has 0 unspecified atom stereocenters. The van der Waals surface area contributed by atoms with Gasteiger partial charge in [-0.25, -0.2) is 0 Å². The first-order chi connectivity index (χ1) is 13.0. The Morgan fingerprint density at radius 2 is 2.00 bits per heavy atom. The number of hydrogen-bond acceptors (Lipinski definition) is 4. The monoisotopic (exact) mass is 371 g/mol. The maximum absolute atomic E-state index is 13.1. The Kier molecular flexibility index (Phi) is 5.69. The topological polar surface area (TPSA) is 97.6 Å². The molecule has 1 heterocycles. The first kappa shape index (κ1) is 18.8. The number of nitrogens with two attached hydrogens (primary N) is 1. The first-order valence-corrected chi connectivity index (χ1v) is 9.00. The highest BCUT2D eigenvalue weighted by Gasteiger charge is 2.26. The molecule has 0 spiro atoms. The number of primary amides is 1. The predicted octanol–water partition coefficient (Wildman–Crippen LogP) is 2.57. The van der Waals surface area contributed by atoms with Crippen molar-refractivity contribution in [3.63, 3.8) is 0 Å². The van der Waals surface area contributed by atoms with Crippen molar-refractivity contribution in [2.45, 2.75) is 25.8 Å². The van der Waals surface area contributed by atoms with Crippen LogP contribution in [0.4, 0.5) is 0 Å². The fraction of sp³-hybridized carbons (Fsp3) is 0.400. The average molecular weight is 371 g/mol. The van der Waals surface area contributed by atoms with Gasteiger partial charge in [0.25, 0.3) is 5.91 Å². The van der Waals surface area contributed by atoms with Gasteiger partial charge < -0.3 is 25.1 Å². The van der Waals surface area contributed by atoms with Crippen molar-refractivity contribution in [1.29, 1.82) is 0 Å². The summed E-state index contributed by atoms with van der Waals surface area (Å²) >= 11 is 0. The van der Waals surface area contributed by atoms with Crippen LogP contribution >= 0.6 is 0 Å². The van der Waals surface area contributed by atoms with Crippen LogP contribution in [0.5, 0.6) is 11.5 Å². The largest absolute Gasteiger partial charge is 0.497 e. The lowest BCUT2D eigenvalue weighted by atomic mass is 9.85. The molecule has 1 saturated carbocycles. The summed E-state index contributed by atoms with van der Waals surface area (Å²) in [5.41, 5.74) is 6.84. The van der Waals surface area contributed by atoms with Gasteiger partial charge in [-0.2, -0.15) is 0 Å². The zero-order valence-corrected chi connectivity index (χ0v) is 15.7. The van der Waals surface area contributed by atoms with Crippen molar-refractivity contribution >= 4 is 11.8 Å². The number of nitrogens with one attached hydrogen (secondary N) is 1. The van der Waals surface area contributed by atoms with Gasteiger partial charge in [0.15, 0.2) is 0 Å². The van der Waals surface area contributed by atoms with Crippen LogP contribution in [0.3, 0.4) is 0 Å². The number of carbonyl (C=O) groups is 2. The third-order valence-corrected chi connectivity index (χ3v) is 5.04. The predicted molar refractivity (Wildman–Crippen MR) is 101 cm³/mol. The highest BCUT2D eigenvalue weighted by Crippen LogP contribution is 2.30. The molecule has 1 aliphatic carbocycles. The van der Waals surface area contributed by atoms with Crippen LogP contribution in [0, 0.1) is 5.92 Å². The summed E-state index contributed by atoms with van der Waals surface area (Å²) in [6.45, 7) is 1.08. The highest BCUT2D eigenvalue weighted by molar-refractivity contribution is 5.98. The van der Waals surface area contributed by atoms with Crippen LogP contribution in [0.2, 0.25) is 0 Å². The molecule has 1 fully saturated rings. The van der Waals surface area contributed by atoms with E-state index in [1.807, 2.05) is 12.1 Å². The third-order valence-electron chi connectivity index (χ3n) is 5.04. The van der Waals surface area contributed by atoms with Gasteiger partial charge in [0, 0.05) is 30.9 Å². The number of hydrogen-bond donors (Lipinski definition) is 2. The maximum atomic E-state index is 13.1. The summed E-state index contributed by atoms with van der Waals surface area (Å²) < 4.78 is 10.7. The standard InChI is InChI=1S/C20H25N3O4/c1-26-16-7-6-14(18(9-16)27-2)12-23(11-13-4-3-5-13)20(25)17-8-15(10-22-17)19(21)24/h6-10,13,22H,3-5,11-12H2,1-2H3,(H2,21,24). The number of rotatable bonds is 8. The smallest absolute Gasteiger partial charge is 0.270 e. The summed E-state index contributed by atoms with van der Waals surface area (Å²) in [5, 5.41) is 0. The number of aromatic amines is 1. The Morgan fingerprint density at radius 1 is 1.22 bits per heavy atom. The summed E-state index contributed by atoms with van der Waals surface area (Å²) in [7, 11) is 3.20. The Balaban J connectivity index is 1.84. The van der Waals surface area contributed by atoms with Crippen molar-refractivity contribution in [3.05, 3.63) is 47.3 Å². The summed E-state index contributed by atoms with van der Waals surface area (Å²) in [6.07, 6.45) is 4.92.